The zero-order chi connectivity index (χ0) is 21.0. The maximum absolute atomic E-state index is 12.9. The minimum atomic E-state index is -0.664. The van der Waals surface area contributed by atoms with Crippen LogP contribution in [0.5, 0.6) is 0 Å². The lowest BCUT2D eigenvalue weighted by molar-refractivity contribution is -0.127. The fraction of sp³-hybridized carbons (Fsp3) is 0.348. The molecule has 1 saturated heterocycles. The van der Waals surface area contributed by atoms with E-state index in [2.05, 4.69) is 14.9 Å². The molecule has 1 aromatic carbocycles. The first-order valence-corrected chi connectivity index (χ1v) is 10.3. The second kappa shape index (κ2) is 6.86. The van der Waals surface area contributed by atoms with Gasteiger partial charge >= 0.3 is 6.03 Å². The number of para-hydroxylation sites is 1. The summed E-state index contributed by atoms with van der Waals surface area (Å²) < 4.78 is 2.19. The number of imide groups is 1. The molecule has 154 valence electrons. The molecule has 7 heteroatoms. The van der Waals surface area contributed by atoms with Gasteiger partial charge in [-0.05, 0) is 44.4 Å². The van der Waals surface area contributed by atoms with Crippen LogP contribution in [0.3, 0.4) is 0 Å². The number of H-pyrrole nitrogens is 1. The Hall–Kier alpha value is -3.35. The van der Waals surface area contributed by atoms with Gasteiger partial charge in [0.15, 0.2) is 5.78 Å². The molecule has 2 N–H and O–H groups in total. The summed E-state index contributed by atoms with van der Waals surface area (Å²) in [4.78, 5) is 42.5. The van der Waals surface area contributed by atoms with Crippen LogP contribution in [-0.2, 0) is 11.2 Å². The molecule has 1 saturated carbocycles. The number of aryl methyl sites for hydroxylation is 1. The van der Waals surface area contributed by atoms with Gasteiger partial charge in [0.2, 0.25) is 0 Å². The van der Waals surface area contributed by atoms with Crippen molar-refractivity contribution in [3.8, 4) is 0 Å². The van der Waals surface area contributed by atoms with Crippen molar-refractivity contribution in [1.82, 2.24) is 19.8 Å². The van der Waals surface area contributed by atoms with E-state index < -0.39 is 12.1 Å². The molecule has 2 aromatic heterocycles. The Balaban J connectivity index is 1.32. The number of hydrogen-bond donors (Lipinski definition) is 2. The van der Waals surface area contributed by atoms with Crippen molar-refractivity contribution in [2.24, 2.45) is 0 Å². The summed E-state index contributed by atoms with van der Waals surface area (Å²) in [5, 5.41) is 3.77. The lowest BCUT2D eigenvalue weighted by atomic mass is 10.0. The minimum Gasteiger partial charge on any atom is -0.361 e. The number of nitrogens with one attached hydrogen (secondary N) is 2. The summed E-state index contributed by atoms with van der Waals surface area (Å²) in [6, 6.07) is 9.02. The highest BCUT2D eigenvalue weighted by Crippen LogP contribution is 2.38. The SMILES string of the molecule is Cc1cc(C(=O)CN2C(=O)N[C@@H](Cc3c[nH]c4ccccc34)C2=O)c(C)n1C1CC1. The quantitative estimate of drug-likeness (QED) is 0.488. The van der Waals surface area contributed by atoms with E-state index in [-0.39, 0.29) is 18.2 Å². The molecule has 3 heterocycles. The smallest absolute Gasteiger partial charge is 0.325 e. The van der Waals surface area contributed by atoms with Crippen molar-refractivity contribution < 1.29 is 14.4 Å². The van der Waals surface area contributed by atoms with Gasteiger partial charge in [0, 0.05) is 46.5 Å². The van der Waals surface area contributed by atoms with Crippen LogP contribution in [0.1, 0.15) is 46.2 Å². The molecule has 0 unspecified atom stereocenters. The van der Waals surface area contributed by atoms with Gasteiger partial charge in [-0.15, -0.1) is 0 Å². The summed E-state index contributed by atoms with van der Waals surface area (Å²) in [5.74, 6) is -0.555. The number of fused-ring (bicyclic) bond motifs is 1. The monoisotopic (exact) mass is 404 g/mol. The number of aromatic amines is 1. The molecule has 0 bridgehead atoms. The van der Waals surface area contributed by atoms with Crippen molar-refractivity contribution in [3.05, 3.63) is 59.0 Å². The first-order chi connectivity index (χ1) is 14.4. The topological polar surface area (TPSA) is 87.2 Å². The van der Waals surface area contributed by atoms with Crippen LogP contribution >= 0.6 is 0 Å². The lowest BCUT2D eigenvalue weighted by Crippen LogP contribution is -2.36. The number of urea groups is 1. The largest absolute Gasteiger partial charge is 0.361 e. The number of hydrogen-bond acceptors (Lipinski definition) is 3. The maximum atomic E-state index is 12.9. The summed E-state index contributed by atoms with van der Waals surface area (Å²) in [5.41, 5.74) is 4.52. The molecule has 1 aliphatic carbocycles. The third-order valence-corrected chi connectivity index (χ3v) is 6.20. The third kappa shape index (κ3) is 3.01. The number of nitrogens with zero attached hydrogens (tertiary/aromatic N) is 2. The van der Waals surface area contributed by atoms with Crippen LogP contribution in [0.4, 0.5) is 4.79 Å². The molecule has 3 amide bonds. The highest BCUT2D eigenvalue weighted by molar-refractivity contribution is 6.09. The van der Waals surface area contributed by atoms with E-state index in [1.807, 2.05) is 50.4 Å². The fourth-order valence-corrected chi connectivity index (χ4v) is 4.57. The Labute approximate surface area is 174 Å². The molecular weight excluding hydrogens is 380 g/mol. The lowest BCUT2D eigenvalue weighted by Gasteiger charge is -2.13. The van der Waals surface area contributed by atoms with Gasteiger partial charge in [-0.1, -0.05) is 18.2 Å². The van der Waals surface area contributed by atoms with Crippen molar-refractivity contribution >= 4 is 28.6 Å². The van der Waals surface area contributed by atoms with Crippen LogP contribution in [0.25, 0.3) is 10.9 Å². The molecule has 7 nitrogen and oxygen atoms in total. The van der Waals surface area contributed by atoms with Crippen molar-refractivity contribution in [1.29, 1.82) is 0 Å². The van der Waals surface area contributed by atoms with E-state index in [1.54, 1.807) is 0 Å². The Morgan fingerprint density at radius 1 is 1.17 bits per heavy atom. The van der Waals surface area contributed by atoms with Crippen LogP contribution in [0, 0.1) is 13.8 Å². The van der Waals surface area contributed by atoms with Crippen molar-refractivity contribution in [2.45, 2.75) is 45.2 Å². The third-order valence-electron chi connectivity index (χ3n) is 6.20. The first-order valence-electron chi connectivity index (χ1n) is 10.3. The number of rotatable bonds is 6. The van der Waals surface area contributed by atoms with Gasteiger partial charge in [-0.3, -0.25) is 14.5 Å². The van der Waals surface area contributed by atoms with E-state index in [1.165, 1.54) is 0 Å². The Bertz CT molecular complexity index is 1180. The second-order valence-corrected chi connectivity index (χ2v) is 8.30. The van der Waals surface area contributed by atoms with Crippen LogP contribution in [-0.4, -0.2) is 44.8 Å². The normalized spacial score (nSPS) is 19.0. The predicted molar refractivity (Wildman–Crippen MR) is 113 cm³/mol. The van der Waals surface area contributed by atoms with Gasteiger partial charge in [0.25, 0.3) is 5.91 Å². The fourth-order valence-electron chi connectivity index (χ4n) is 4.57. The van der Waals surface area contributed by atoms with E-state index in [0.29, 0.717) is 18.0 Å². The standard InChI is InChI=1S/C23H24N4O3/c1-13-9-18(14(2)27(13)16-7-8-16)21(28)12-26-22(29)20(25-23(26)30)10-15-11-24-19-6-4-3-5-17(15)19/h3-6,9,11,16,20,24H,7-8,10,12H2,1-2H3,(H,25,30)/t20-/m0/s1. The number of carbonyl (C=O) groups excluding carboxylic acids is 3. The van der Waals surface area contributed by atoms with Crippen LogP contribution in [0.15, 0.2) is 36.5 Å². The predicted octanol–water partition coefficient (Wildman–Crippen LogP) is 3.27. The summed E-state index contributed by atoms with van der Waals surface area (Å²) >= 11 is 0. The molecule has 0 spiro atoms. The number of Topliss-reactive ketones (excluding diaryl/α,β-unsaturated/α-hetero) is 1. The van der Waals surface area contributed by atoms with Gasteiger partial charge < -0.3 is 14.9 Å². The first kappa shape index (κ1) is 18.7. The average Bonchev–Trinajstić information content (AvgIpc) is 3.33. The number of benzene rings is 1. The Kier molecular flexibility index (Phi) is 4.27. The molecule has 2 fully saturated rings. The summed E-state index contributed by atoms with van der Waals surface area (Å²) in [7, 11) is 0. The van der Waals surface area contributed by atoms with Crippen molar-refractivity contribution in [2.75, 3.05) is 6.54 Å². The van der Waals surface area contributed by atoms with Gasteiger partial charge in [0.1, 0.15) is 6.04 Å². The Morgan fingerprint density at radius 3 is 2.70 bits per heavy atom. The number of ketones is 1. The molecule has 2 aliphatic rings. The van der Waals surface area contributed by atoms with E-state index in [4.69, 9.17) is 0 Å². The molecule has 5 rings (SSSR count). The van der Waals surface area contributed by atoms with Gasteiger partial charge in [-0.25, -0.2) is 4.79 Å². The number of carbonyl (C=O) groups is 3. The summed E-state index contributed by atoms with van der Waals surface area (Å²) in [6.07, 6.45) is 4.51. The number of amides is 3. The molecule has 30 heavy (non-hydrogen) atoms. The van der Waals surface area contributed by atoms with Crippen LogP contribution in [0.2, 0.25) is 0 Å². The highest BCUT2D eigenvalue weighted by Gasteiger charge is 2.40. The highest BCUT2D eigenvalue weighted by atomic mass is 16.2. The maximum Gasteiger partial charge on any atom is 0.325 e. The van der Waals surface area contributed by atoms with Crippen LogP contribution < -0.4 is 5.32 Å². The van der Waals surface area contributed by atoms with E-state index in [0.717, 1.165) is 45.6 Å². The molecular formula is C23H24N4O3. The van der Waals surface area contributed by atoms with E-state index in [9.17, 15) is 14.4 Å². The Morgan fingerprint density at radius 2 is 1.93 bits per heavy atom. The zero-order valence-corrected chi connectivity index (χ0v) is 17.1. The number of aromatic nitrogens is 2. The van der Waals surface area contributed by atoms with Gasteiger partial charge in [-0.2, -0.15) is 0 Å². The molecule has 0 radical (unpaired) electrons. The molecule has 1 atom stereocenters. The second-order valence-electron chi connectivity index (χ2n) is 8.30. The minimum absolute atomic E-state index is 0.203. The molecule has 3 aromatic rings. The van der Waals surface area contributed by atoms with Crippen molar-refractivity contribution in [3.63, 3.8) is 0 Å². The molecule has 1 aliphatic heterocycles. The van der Waals surface area contributed by atoms with Gasteiger partial charge in [0.05, 0.1) is 6.54 Å². The average molecular weight is 404 g/mol. The summed E-state index contributed by atoms with van der Waals surface area (Å²) in [6.45, 7) is 3.70. The van der Waals surface area contributed by atoms with E-state index >= 15 is 0 Å². The zero-order valence-electron chi connectivity index (χ0n) is 17.1.